The molecule has 2 aromatic rings. The Hall–Kier alpha value is -1.72. The first kappa shape index (κ1) is 27.5. The van der Waals surface area contributed by atoms with Crippen LogP contribution in [0.4, 0.5) is 17.6 Å². The summed E-state index contributed by atoms with van der Waals surface area (Å²) in [6, 6.07) is 7.99. The minimum absolute atomic E-state index is 0.0649. The molecule has 178 valence electrons. The first-order valence-electron chi connectivity index (χ1n) is 9.57. The largest absolute Gasteiger partial charge is 0.399 e. The molecule has 4 nitrogen and oxygen atoms in total. The normalized spacial score (nSPS) is 13.6. The van der Waals surface area contributed by atoms with Crippen LogP contribution in [0.3, 0.4) is 0 Å². The van der Waals surface area contributed by atoms with Gasteiger partial charge < -0.3 is 10.6 Å². The molecule has 2 amide bonds. The van der Waals surface area contributed by atoms with Gasteiger partial charge in [-0.25, -0.2) is 4.39 Å². The van der Waals surface area contributed by atoms with Gasteiger partial charge in [0.15, 0.2) is 0 Å². The van der Waals surface area contributed by atoms with Crippen LogP contribution in [0.5, 0.6) is 0 Å². The highest BCUT2D eigenvalue weighted by atomic mass is 79.9. The first-order chi connectivity index (χ1) is 15.4. The van der Waals surface area contributed by atoms with Gasteiger partial charge in [0, 0.05) is 20.0 Å². The van der Waals surface area contributed by atoms with Crippen molar-refractivity contribution < 1.29 is 27.2 Å². The van der Waals surface area contributed by atoms with Crippen molar-refractivity contribution in [3.63, 3.8) is 0 Å². The molecule has 0 aromatic heterocycles. The van der Waals surface area contributed by atoms with Crippen molar-refractivity contribution in [1.29, 1.82) is 0 Å². The monoisotopic (exact) mass is 656 g/mol. The molecular weight excluding hydrogens is 640 g/mol. The van der Waals surface area contributed by atoms with Crippen molar-refractivity contribution >= 4 is 65.7 Å². The second-order valence-electron chi connectivity index (χ2n) is 7.00. The van der Waals surface area contributed by atoms with Gasteiger partial charge in [0.05, 0.1) is 11.5 Å². The van der Waals surface area contributed by atoms with Gasteiger partial charge in [-0.15, -0.1) is 0 Å². The van der Waals surface area contributed by atoms with Crippen LogP contribution in [0.1, 0.15) is 34.3 Å². The Kier molecular flexibility index (Phi) is 10.1. The molecule has 0 fully saturated rings. The third-order valence-corrected chi connectivity index (χ3v) is 6.02. The molecule has 0 radical (unpaired) electrons. The van der Waals surface area contributed by atoms with E-state index in [-0.39, 0.29) is 17.7 Å². The predicted molar refractivity (Wildman–Crippen MR) is 130 cm³/mol. The second-order valence-corrected chi connectivity index (χ2v) is 9.68. The lowest BCUT2D eigenvalue weighted by Gasteiger charge is -2.18. The predicted octanol–water partition coefficient (Wildman–Crippen LogP) is 6.54. The second kappa shape index (κ2) is 12.1. The standard InChI is InChI=1S/C22H19Br3F4N2O2/c1-12(20(32)30-7-6-26)31-21(33)17-4-2-13(8-19(17)25)3-5-18(22(27,28)29)14-9-15(23)11-16(24)10-14/h2-5,8-12,18H,6-7H2,1H3,(H,30,32)(H,31,33)/b5-3+/t12-,18?/m1/s1. The minimum atomic E-state index is -4.51. The third kappa shape index (κ3) is 8.22. The highest BCUT2D eigenvalue weighted by molar-refractivity contribution is 9.11. The summed E-state index contributed by atoms with van der Waals surface area (Å²) in [5.74, 6) is -2.93. The third-order valence-electron chi connectivity index (χ3n) is 4.45. The smallest absolute Gasteiger partial charge is 0.352 e. The number of halogens is 7. The van der Waals surface area contributed by atoms with Gasteiger partial charge in [0.25, 0.3) is 5.91 Å². The number of rotatable bonds is 8. The van der Waals surface area contributed by atoms with Gasteiger partial charge in [0.2, 0.25) is 5.91 Å². The number of carbonyl (C=O) groups excluding carboxylic acids is 2. The molecule has 0 bridgehead atoms. The summed E-state index contributed by atoms with van der Waals surface area (Å²) in [6.07, 6.45) is -2.13. The van der Waals surface area contributed by atoms with Crippen molar-refractivity contribution in [3.05, 3.63) is 72.6 Å². The lowest BCUT2D eigenvalue weighted by atomic mass is 9.97. The molecule has 2 aromatic carbocycles. The summed E-state index contributed by atoms with van der Waals surface area (Å²) in [5, 5.41) is 4.81. The van der Waals surface area contributed by atoms with Gasteiger partial charge in [-0.2, -0.15) is 13.2 Å². The molecule has 0 saturated heterocycles. The Morgan fingerprint density at radius 1 is 1.06 bits per heavy atom. The molecule has 33 heavy (non-hydrogen) atoms. The SMILES string of the molecule is C[C@@H](NC(=O)c1ccc(/C=C/C(c2cc(Br)cc(Br)c2)C(F)(F)F)cc1Br)C(=O)NCCF. The van der Waals surface area contributed by atoms with Crippen molar-refractivity contribution in [3.8, 4) is 0 Å². The summed E-state index contributed by atoms with van der Waals surface area (Å²) in [7, 11) is 0. The number of hydrogen-bond donors (Lipinski definition) is 2. The summed E-state index contributed by atoms with van der Waals surface area (Å²) >= 11 is 9.66. The maximum atomic E-state index is 13.7. The van der Waals surface area contributed by atoms with E-state index in [1.54, 1.807) is 6.07 Å². The molecule has 0 spiro atoms. The van der Waals surface area contributed by atoms with E-state index in [4.69, 9.17) is 0 Å². The zero-order valence-electron chi connectivity index (χ0n) is 17.1. The maximum absolute atomic E-state index is 13.7. The van der Waals surface area contributed by atoms with Crippen molar-refractivity contribution in [2.45, 2.75) is 25.1 Å². The molecule has 0 aliphatic rings. The van der Waals surface area contributed by atoms with E-state index in [0.29, 0.717) is 19.0 Å². The zero-order valence-corrected chi connectivity index (χ0v) is 21.9. The quantitative estimate of drug-likeness (QED) is 0.317. The van der Waals surface area contributed by atoms with E-state index in [2.05, 4.69) is 58.4 Å². The van der Waals surface area contributed by atoms with Crippen LogP contribution >= 0.6 is 47.8 Å². The summed E-state index contributed by atoms with van der Waals surface area (Å²) in [5.41, 5.74) is 0.700. The molecule has 0 aliphatic heterocycles. The molecule has 2 rings (SSSR count). The van der Waals surface area contributed by atoms with Crippen LogP contribution in [0, 0.1) is 0 Å². The molecule has 1 unspecified atom stereocenters. The molecule has 2 atom stereocenters. The molecule has 0 saturated carbocycles. The average Bonchev–Trinajstić information content (AvgIpc) is 2.70. The Balaban J connectivity index is 2.20. The van der Waals surface area contributed by atoms with E-state index < -0.39 is 36.6 Å². The average molecular weight is 659 g/mol. The van der Waals surface area contributed by atoms with Crippen LogP contribution in [-0.4, -0.2) is 37.3 Å². The Bertz CT molecular complexity index is 1020. The maximum Gasteiger partial charge on any atom is 0.399 e. The fraction of sp³-hybridized carbons (Fsp3) is 0.273. The van der Waals surface area contributed by atoms with Crippen molar-refractivity contribution in [2.24, 2.45) is 0 Å². The van der Waals surface area contributed by atoms with Crippen LogP contribution in [0.15, 0.2) is 55.9 Å². The molecular formula is C22H19Br3F4N2O2. The van der Waals surface area contributed by atoms with Crippen molar-refractivity contribution in [1.82, 2.24) is 10.6 Å². The van der Waals surface area contributed by atoms with Crippen LogP contribution < -0.4 is 10.6 Å². The van der Waals surface area contributed by atoms with Gasteiger partial charge in [-0.3, -0.25) is 9.59 Å². The fourth-order valence-corrected chi connectivity index (χ4v) is 4.76. The van der Waals surface area contributed by atoms with E-state index in [1.165, 1.54) is 43.3 Å². The number of hydrogen-bond acceptors (Lipinski definition) is 2. The van der Waals surface area contributed by atoms with Crippen LogP contribution in [0.25, 0.3) is 6.08 Å². The Morgan fingerprint density at radius 3 is 2.24 bits per heavy atom. The van der Waals surface area contributed by atoms with Gasteiger partial charge in [0.1, 0.15) is 12.7 Å². The minimum Gasteiger partial charge on any atom is -0.352 e. The first-order valence-corrected chi connectivity index (χ1v) is 11.9. The van der Waals surface area contributed by atoms with Crippen molar-refractivity contribution in [2.75, 3.05) is 13.2 Å². The number of carbonyl (C=O) groups is 2. The number of amides is 2. The van der Waals surface area contributed by atoms with Crippen LogP contribution in [-0.2, 0) is 4.79 Å². The Morgan fingerprint density at radius 2 is 1.70 bits per heavy atom. The molecule has 0 aliphatic carbocycles. The highest BCUT2D eigenvalue weighted by Gasteiger charge is 2.39. The van der Waals surface area contributed by atoms with E-state index in [1.807, 2.05) is 0 Å². The van der Waals surface area contributed by atoms with E-state index in [0.717, 1.165) is 6.08 Å². The van der Waals surface area contributed by atoms with Gasteiger partial charge in [-0.05, 0) is 64.3 Å². The van der Waals surface area contributed by atoms with E-state index >= 15 is 0 Å². The summed E-state index contributed by atoms with van der Waals surface area (Å²) < 4.78 is 54.6. The lowest BCUT2D eigenvalue weighted by molar-refractivity contribution is -0.139. The van der Waals surface area contributed by atoms with E-state index in [9.17, 15) is 27.2 Å². The number of nitrogens with one attached hydrogen (secondary N) is 2. The number of alkyl halides is 4. The number of benzene rings is 2. The highest BCUT2D eigenvalue weighted by Crippen LogP contribution is 2.38. The summed E-state index contributed by atoms with van der Waals surface area (Å²) in [6.45, 7) is 0.578. The summed E-state index contributed by atoms with van der Waals surface area (Å²) in [4.78, 5) is 24.2. The molecule has 2 N–H and O–H groups in total. The zero-order chi connectivity index (χ0) is 24.8. The lowest BCUT2D eigenvalue weighted by Crippen LogP contribution is -2.45. The van der Waals surface area contributed by atoms with Gasteiger partial charge >= 0.3 is 6.18 Å². The Labute approximate surface area is 213 Å². The molecule has 11 heteroatoms. The van der Waals surface area contributed by atoms with Gasteiger partial charge in [-0.1, -0.05) is 50.1 Å². The molecule has 0 heterocycles. The topological polar surface area (TPSA) is 58.2 Å². The van der Waals surface area contributed by atoms with Crippen LogP contribution in [0.2, 0.25) is 0 Å². The fourth-order valence-electron chi connectivity index (χ4n) is 2.85. The number of allylic oxidation sites excluding steroid dienone is 1.